The lowest BCUT2D eigenvalue weighted by atomic mass is 10.2. The summed E-state index contributed by atoms with van der Waals surface area (Å²) in [6, 6.07) is 12.7. The van der Waals surface area contributed by atoms with Crippen molar-refractivity contribution in [1.82, 2.24) is 4.72 Å². The van der Waals surface area contributed by atoms with Crippen LogP contribution in [0.25, 0.3) is 0 Å². The molecule has 0 fully saturated rings. The largest absolute Gasteiger partial charge is 0.481 e. The van der Waals surface area contributed by atoms with Crippen LogP contribution in [0.4, 0.5) is 0 Å². The van der Waals surface area contributed by atoms with Crippen molar-refractivity contribution in [1.29, 1.82) is 0 Å². The van der Waals surface area contributed by atoms with Gasteiger partial charge in [-0.15, -0.1) is 0 Å². The SMILES string of the molecule is Cc1ccc(S(=O)(=O)NCC#CCOc2cccc(Br)c2)c(C)c1. The minimum absolute atomic E-state index is 0.0392. The van der Waals surface area contributed by atoms with Gasteiger partial charge in [0.25, 0.3) is 0 Å². The van der Waals surface area contributed by atoms with E-state index >= 15 is 0 Å². The number of ether oxygens (including phenoxy) is 1. The summed E-state index contributed by atoms with van der Waals surface area (Å²) in [5.41, 5.74) is 1.74. The van der Waals surface area contributed by atoms with Crippen molar-refractivity contribution in [2.75, 3.05) is 13.2 Å². The Hall–Kier alpha value is -1.81. The van der Waals surface area contributed by atoms with Crippen molar-refractivity contribution >= 4 is 26.0 Å². The Morgan fingerprint density at radius 3 is 2.62 bits per heavy atom. The molecule has 0 heterocycles. The molecule has 0 spiro atoms. The van der Waals surface area contributed by atoms with Crippen LogP contribution in [-0.4, -0.2) is 21.6 Å². The Morgan fingerprint density at radius 1 is 1.12 bits per heavy atom. The number of nitrogens with one attached hydrogen (secondary N) is 1. The number of halogens is 1. The molecule has 24 heavy (non-hydrogen) atoms. The molecule has 0 aliphatic heterocycles. The molecule has 0 aliphatic carbocycles. The van der Waals surface area contributed by atoms with Gasteiger partial charge in [-0.3, -0.25) is 0 Å². The zero-order chi connectivity index (χ0) is 17.6. The van der Waals surface area contributed by atoms with E-state index in [-0.39, 0.29) is 18.0 Å². The number of benzene rings is 2. The summed E-state index contributed by atoms with van der Waals surface area (Å²) in [5, 5.41) is 0. The highest BCUT2D eigenvalue weighted by Crippen LogP contribution is 2.17. The molecule has 2 aromatic rings. The molecule has 2 aromatic carbocycles. The first kappa shape index (κ1) is 18.5. The molecule has 0 atom stereocenters. The zero-order valence-corrected chi connectivity index (χ0v) is 15.9. The number of rotatable bonds is 5. The highest BCUT2D eigenvalue weighted by molar-refractivity contribution is 9.10. The zero-order valence-electron chi connectivity index (χ0n) is 13.5. The van der Waals surface area contributed by atoms with Gasteiger partial charge in [0.05, 0.1) is 11.4 Å². The van der Waals surface area contributed by atoms with Crippen LogP contribution in [0.15, 0.2) is 51.8 Å². The highest BCUT2D eigenvalue weighted by atomic mass is 79.9. The van der Waals surface area contributed by atoms with Crippen LogP contribution in [0.1, 0.15) is 11.1 Å². The van der Waals surface area contributed by atoms with Gasteiger partial charge in [0.2, 0.25) is 10.0 Å². The molecule has 1 N–H and O–H groups in total. The fourth-order valence-corrected chi connectivity index (χ4v) is 3.63. The van der Waals surface area contributed by atoms with E-state index in [1.54, 1.807) is 19.1 Å². The molecule has 0 unspecified atom stereocenters. The summed E-state index contributed by atoms with van der Waals surface area (Å²) in [6.07, 6.45) is 0. The fourth-order valence-electron chi connectivity index (χ4n) is 2.10. The Bertz CT molecular complexity index is 883. The molecule has 0 saturated carbocycles. The van der Waals surface area contributed by atoms with Gasteiger partial charge in [-0.1, -0.05) is 51.5 Å². The van der Waals surface area contributed by atoms with E-state index in [4.69, 9.17) is 4.74 Å². The van der Waals surface area contributed by atoms with Crippen molar-refractivity contribution < 1.29 is 13.2 Å². The minimum Gasteiger partial charge on any atom is -0.481 e. The van der Waals surface area contributed by atoms with Crippen LogP contribution in [0, 0.1) is 25.7 Å². The molecule has 126 valence electrons. The first-order valence-electron chi connectivity index (χ1n) is 7.29. The molecule has 0 amide bonds. The summed E-state index contributed by atoms with van der Waals surface area (Å²) in [4.78, 5) is 0.278. The summed E-state index contributed by atoms with van der Waals surface area (Å²) < 4.78 is 33.3. The Morgan fingerprint density at radius 2 is 1.92 bits per heavy atom. The van der Waals surface area contributed by atoms with Gasteiger partial charge in [0.1, 0.15) is 12.4 Å². The maximum atomic E-state index is 12.2. The van der Waals surface area contributed by atoms with Gasteiger partial charge in [-0.2, -0.15) is 4.72 Å². The van der Waals surface area contributed by atoms with Crippen LogP contribution in [0.5, 0.6) is 5.75 Å². The summed E-state index contributed by atoms with van der Waals surface area (Å²) in [7, 11) is -3.55. The number of hydrogen-bond donors (Lipinski definition) is 1. The molecule has 0 aromatic heterocycles. The first-order valence-corrected chi connectivity index (χ1v) is 9.57. The lowest BCUT2D eigenvalue weighted by Crippen LogP contribution is -2.24. The molecular weight excluding hydrogens is 390 g/mol. The summed E-state index contributed by atoms with van der Waals surface area (Å²) >= 11 is 3.36. The second-order valence-corrected chi connectivity index (χ2v) is 7.84. The third-order valence-electron chi connectivity index (χ3n) is 3.20. The van der Waals surface area contributed by atoms with Gasteiger partial charge < -0.3 is 4.74 Å². The second kappa shape index (κ2) is 8.34. The smallest absolute Gasteiger partial charge is 0.241 e. The van der Waals surface area contributed by atoms with Gasteiger partial charge in [-0.25, -0.2) is 8.42 Å². The van der Waals surface area contributed by atoms with Crippen LogP contribution >= 0.6 is 15.9 Å². The topological polar surface area (TPSA) is 55.4 Å². The first-order chi connectivity index (χ1) is 11.4. The van der Waals surface area contributed by atoms with E-state index < -0.39 is 10.0 Å². The van der Waals surface area contributed by atoms with Gasteiger partial charge in [-0.05, 0) is 43.7 Å². The maximum Gasteiger partial charge on any atom is 0.241 e. The van der Waals surface area contributed by atoms with Crippen molar-refractivity contribution in [2.24, 2.45) is 0 Å². The van der Waals surface area contributed by atoms with E-state index in [1.165, 1.54) is 0 Å². The van der Waals surface area contributed by atoms with E-state index in [2.05, 4.69) is 32.5 Å². The molecular formula is C18H18BrNO3S. The van der Waals surface area contributed by atoms with Gasteiger partial charge in [0, 0.05) is 4.47 Å². The van der Waals surface area contributed by atoms with E-state index in [9.17, 15) is 8.42 Å². The third-order valence-corrected chi connectivity index (χ3v) is 5.26. The lowest BCUT2D eigenvalue weighted by molar-refractivity contribution is 0.370. The molecule has 0 radical (unpaired) electrons. The Balaban J connectivity index is 1.87. The predicted octanol–water partition coefficient (Wildman–Crippen LogP) is 3.43. The predicted molar refractivity (Wildman–Crippen MR) is 98.5 cm³/mol. The molecule has 0 bridgehead atoms. The fraction of sp³-hybridized carbons (Fsp3) is 0.222. The lowest BCUT2D eigenvalue weighted by Gasteiger charge is -2.08. The van der Waals surface area contributed by atoms with Gasteiger partial charge >= 0.3 is 0 Å². The highest BCUT2D eigenvalue weighted by Gasteiger charge is 2.15. The molecule has 2 rings (SSSR count). The van der Waals surface area contributed by atoms with Crippen molar-refractivity contribution in [3.63, 3.8) is 0 Å². The monoisotopic (exact) mass is 407 g/mol. The standard InChI is InChI=1S/C18H18BrNO3S/c1-14-8-9-18(15(2)12-14)24(21,22)20-10-3-4-11-23-17-7-5-6-16(19)13-17/h5-9,12-13,20H,10-11H2,1-2H3. The van der Waals surface area contributed by atoms with E-state index in [0.717, 1.165) is 10.0 Å². The average molecular weight is 408 g/mol. The molecule has 0 saturated heterocycles. The quantitative estimate of drug-likeness (QED) is 0.772. The second-order valence-electron chi connectivity index (χ2n) is 5.19. The van der Waals surface area contributed by atoms with Gasteiger partial charge in [0.15, 0.2) is 0 Å². The minimum atomic E-state index is -3.55. The number of hydrogen-bond acceptors (Lipinski definition) is 3. The Kier molecular flexibility index (Phi) is 6.44. The van der Waals surface area contributed by atoms with Crippen molar-refractivity contribution in [3.05, 3.63) is 58.1 Å². The van der Waals surface area contributed by atoms with Crippen LogP contribution < -0.4 is 9.46 Å². The van der Waals surface area contributed by atoms with Crippen LogP contribution in [0.3, 0.4) is 0 Å². The summed E-state index contributed by atoms with van der Waals surface area (Å²) in [6.45, 7) is 3.94. The normalized spacial score (nSPS) is 10.8. The number of aryl methyl sites for hydroxylation is 2. The third kappa shape index (κ3) is 5.38. The van der Waals surface area contributed by atoms with Crippen molar-refractivity contribution in [2.45, 2.75) is 18.7 Å². The average Bonchev–Trinajstić information content (AvgIpc) is 2.50. The number of sulfonamides is 1. The van der Waals surface area contributed by atoms with E-state index in [0.29, 0.717) is 11.3 Å². The molecule has 6 heteroatoms. The van der Waals surface area contributed by atoms with E-state index in [1.807, 2.05) is 37.3 Å². The molecule has 0 aliphatic rings. The van der Waals surface area contributed by atoms with Crippen molar-refractivity contribution in [3.8, 4) is 17.6 Å². The summed E-state index contributed by atoms with van der Waals surface area (Å²) in [5.74, 6) is 6.24. The van der Waals surface area contributed by atoms with Crippen LogP contribution in [-0.2, 0) is 10.0 Å². The molecule has 4 nitrogen and oxygen atoms in total. The maximum absolute atomic E-state index is 12.2. The van der Waals surface area contributed by atoms with Crippen LogP contribution in [0.2, 0.25) is 0 Å². The Labute approximate surface area is 151 Å².